The Labute approximate surface area is 169 Å². The minimum atomic E-state index is 0.438. The lowest BCUT2D eigenvalue weighted by Gasteiger charge is -2.67. The lowest BCUT2D eigenvalue weighted by molar-refractivity contribution is -0.159. The van der Waals surface area contributed by atoms with Crippen molar-refractivity contribution in [1.29, 1.82) is 0 Å². The fourth-order valence-electron chi connectivity index (χ4n) is 7.36. The van der Waals surface area contributed by atoms with E-state index in [2.05, 4.69) is 52.3 Å². The van der Waals surface area contributed by atoms with Crippen LogP contribution in [0.5, 0.6) is 5.75 Å². The maximum Gasteiger partial charge on any atom is 0.121 e. The van der Waals surface area contributed by atoms with Crippen molar-refractivity contribution in [2.45, 2.75) is 39.5 Å². The molecule has 0 aliphatic heterocycles. The Hall–Kier alpha value is -1.54. The summed E-state index contributed by atoms with van der Waals surface area (Å²) < 4.78 is 1.13. The Bertz CT molecular complexity index is 978. The molecule has 27 heavy (non-hydrogen) atoms. The molecule has 4 aliphatic carbocycles. The normalized spacial score (nSPS) is 36.9. The molecule has 4 saturated carbocycles. The van der Waals surface area contributed by atoms with Gasteiger partial charge in [0, 0.05) is 4.47 Å². The van der Waals surface area contributed by atoms with Crippen LogP contribution in [0, 0.1) is 42.9 Å². The first-order valence-electron chi connectivity index (χ1n) is 10.3. The van der Waals surface area contributed by atoms with Gasteiger partial charge < -0.3 is 5.11 Å². The molecule has 0 radical (unpaired) electrons. The van der Waals surface area contributed by atoms with Gasteiger partial charge in [0.2, 0.25) is 0 Å². The van der Waals surface area contributed by atoms with Gasteiger partial charge in [0.1, 0.15) is 5.75 Å². The number of phenols is 1. The summed E-state index contributed by atoms with van der Waals surface area (Å²) in [7, 11) is 0. The number of aromatic hydroxyl groups is 1. The van der Waals surface area contributed by atoms with Crippen LogP contribution in [0.3, 0.4) is 0 Å². The zero-order valence-corrected chi connectivity index (χ0v) is 17.5. The number of phenolic OH excluding ortho intramolecular Hbond substituents is 1. The maximum absolute atomic E-state index is 10.3. The summed E-state index contributed by atoms with van der Waals surface area (Å²) in [6.07, 6.45) is 5.78. The third-order valence-electron chi connectivity index (χ3n) is 8.44. The van der Waals surface area contributed by atoms with Gasteiger partial charge in [-0.1, -0.05) is 33.6 Å². The standard InChI is InChI=1S/C25H25BrO/c1-13-7-16(8-14(2)24(13)27)22(15-3-5-20(26)6-4-15)23-17-9-18-10-19-11-21(23)25(18,19)12-17/h3-8,17-19,21,27H,9-12H2,1-2H3/b23-22-. The average Bonchev–Trinajstić information content (AvgIpc) is 3.12. The van der Waals surface area contributed by atoms with E-state index in [1.54, 1.807) is 5.57 Å². The van der Waals surface area contributed by atoms with E-state index in [0.717, 1.165) is 39.3 Å². The number of hydrogen-bond donors (Lipinski definition) is 1. The van der Waals surface area contributed by atoms with Gasteiger partial charge in [-0.15, -0.1) is 0 Å². The second-order valence-corrected chi connectivity index (χ2v) is 10.4. The molecule has 0 aromatic heterocycles. The Morgan fingerprint density at radius 3 is 2.26 bits per heavy atom. The van der Waals surface area contributed by atoms with Crippen LogP contribution in [-0.4, -0.2) is 5.11 Å². The Balaban J connectivity index is 1.58. The van der Waals surface area contributed by atoms with Crippen molar-refractivity contribution in [1.82, 2.24) is 0 Å². The van der Waals surface area contributed by atoms with Crippen molar-refractivity contribution in [3.05, 3.63) is 68.7 Å². The predicted molar refractivity (Wildman–Crippen MR) is 113 cm³/mol. The van der Waals surface area contributed by atoms with Crippen molar-refractivity contribution in [2.24, 2.45) is 29.1 Å². The predicted octanol–water partition coefficient (Wildman–Crippen LogP) is 6.64. The lowest BCUT2D eigenvalue weighted by Crippen LogP contribution is -2.60. The molecule has 0 heterocycles. The van der Waals surface area contributed by atoms with E-state index < -0.39 is 0 Å². The molecule has 2 bridgehead atoms. The molecule has 138 valence electrons. The second kappa shape index (κ2) is 5.29. The molecule has 5 unspecified atom stereocenters. The van der Waals surface area contributed by atoms with Crippen LogP contribution < -0.4 is 0 Å². The van der Waals surface area contributed by atoms with Crippen molar-refractivity contribution in [2.75, 3.05) is 0 Å². The van der Waals surface area contributed by atoms with Gasteiger partial charge >= 0.3 is 0 Å². The Morgan fingerprint density at radius 2 is 1.63 bits per heavy atom. The van der Waals surface area contributed by atoms with E-state index in [1.165, 1.54) is 42.4 Å². The van der Waals surface area contributed by atoms with Crippen molar-refractivity contribution in [3.8, 4) is 5.75 Å². The number of allylic oxidation sites excluding steroid dienone is 1. The molecule has 1 spiro atoms. The number of aryl methyl sites for hydroxylation is 2. The summed E-state index contributed by atoms with van der Waals surface area (Å²) in [4.78, 5) is 0. The molecule has 0 saturated heterocycles. The van der Waals surface area contributed by atoms with Crippen LogP contribution in [0.2, 0.25) is 0 Å². The first kappa shape index (κ1) is 16.4. The summed E-state index contributed by atoms with van der Waals surface area (Å²) in [6.45, 7) is 4.05. The van der Waals surface area contributed by atoms with Crippen molar-refractivity contribution >= 4 is 21.5 Å². The molecule has 2 aromatic rings. The third-order valence-corrected chi connectivity index (χ3v) is 8.97. The summed E-state index contributed by atoms with van der Waals surface area (Å²) >= 11 is 3.60. The molecule has 5 atom stereocenters. The summed E-state index contributed by atoms with van der Waals surface area (Å²) in [5.41, 5.74) is 8.48. The molecule has 0 amide bonds. The van der Waals surface area contributed by atoms with Gasteiger partial charge in [0.05, 0.1) is 0 Å². The van der Waals surface area contributed by atoms with E-state index in [-0.39, 0.29) is 0 Å². The fraction of sp³-hybridized carbons (Fsp3) is 0.440. The summed E-state index contributed by atoms with van der Waals surface area (Å²) in [6, 6.07) is 13.3. The molecule has 2 heteroatoms. The van der Waals surface area contributed by atoms with Gasteiger partial charge in [0.25, 0.3) is 0 Å². The van der Waals surface area contributed by atoms with Crippen molar-refractivity contribution in [3.63, 3.8) is 0 Å². The lowest BCUT2D eigenvalue weighted by atomic mass is 9.38. The van der Waals surface area contributed by atoms with Gasteiger partial charge in [-0.05, 0) is 121 Å². The van der Waals surface area contributed by atoms with Crippen LogP contribution in [-0.2, 0) is 0 Å². The maximum atomic E-state index is 10.3. The summed E-state index contributed by atoms with van der Waals surface area (Å²) in [5.74, 6) is 4.07. The minimum absolute atomic E-state index is 0.438. The van der Waals surface area contributed by atoms with Crippen LogP contribution in [0.25, 0.3) is 5.57 Å². The molecule has 1 N–H and O–H groups in total. The van der Waals surface area contributed by atoms with E-state index in [0.29, 0.717) is 11.2 Å². The van der Waals surface area contributed by atoms with Crippen LogP contribution in [0.4, 0.5) is 0 Å². The molecule has 6 rings (SSSR count). The molecule has 2 aromatic carbocycles. The minimum Gasteiger partial charge on any atom is -0.507 e. The van der Waals surface area contributed by atoms with E-state index in [9.17, 15) is 5.11 Å². The topological polar surface area (TPSA) is 20.2 Å². The zero-order chi connectivity index (χ0) is 18.5. The van der Waals surface area contributed by atoms with Gasteiger partial charge in [-0.25, -0.2) is 0 Å². The fourth-order valence-corrected chi connectivity index (χ4v) is 7.63. The Morgan fingerprint density at radius 1 is 0.963 bits per heavy atom. The largest absolute Gasteiger partial charge is 0.507 e. The molecular weight excluding hydrogens is 396 g/mol. The highest BCUT2D eigenvalue weighted by molar-refractivity contribution is 9.10. The number of fused-ring (bicyclic) bond motifs is 1. The number of benzene rings is 2. The first-order valence-corrected chi connectivity index (χ1v) is 11.1. The average molecular weight is 421 g/mol. The zero-order valence-electron chi connectivity index (χ0n) is 15.9. The SMILES string of the molecule is Cc1cc(/C(=C2/C3CC4CC5CC2C45C3)c2ccc(Br)cc2)cc(C)c1O. The van der Waals surface area contributed by atoms with Gasteiger partial charge in [0.15, 0.2) is 0 Å². The highest BCUT2D eigenvalue weighted by Crippen LogP contribution is 2.83. The molecule has 4 fully saturated rings. The van der Waals surface area contributed by atoms with Crippen LogP contribution >= 0.6 is 15.9 Å². The van der Waals surface area contributed by atoms with Gasteiger partial charge in [-0.2, -0.15) is 0 Å². The highest BCUT2D eigenvalue weighted by Gasteiger charge is 2.75. The smallest absolute Gasteiger partial charge is 0.121 e. The molecule has 4 aliphatic rings. The van der Waals surface area contributed by atoms with Gasteiger partial charge in [-0.3, -0.25) is 0 Å². The van der Waals surface area contributed by atoms with Crippen LogP contribution in [0.1, 0.15) is 47.9 Å². The first-order chi connectivity index (χ1) is 13.0. The monoisotopic (exact) mass is 420 g/mol. The quantitative estimate of drug-likeness (QED) is 0.576. The highest BCUT2D eigenvalue weighted by atomic mass is 79.9. The molecule has 1 nitrogen and oxygen atoms in total. The number of hydrogen-bond acceptors (Lipinski definition) is 1. The third kappa shape index (κ3) is 1.95. The van der Waals surface area contributed by atoms with E-state index in [4.69, 9.17) is 0 Å². The summed E-state index contributed by atoms with van der Waals surface area (Å²) in [5, 5.41) is 10.3. The molecular formula is C25H25BrO. The van der Waals surface area contributed by atoms with Crippen molar-refractivity contribution < 1.29 is 5.11 Å². The Kier molecular flexibility index (Phi) is 3.21. The number of halogens is 1. The van der Waals surface area contributed by atoms with E-state index >= 15 is 0 Å². The van der Waals surface area contributed by atoms with Crippen LogP contribution in [0.15, 0.2) is 46.4 Å². The number of rotatable bonds is 2. The second-order valence-electron chi connectivity index (χ2n) is 9.46. The van der Waals surface area contributed by atoms with E-state index in [1.807, 2.05) is 13.8 Å².